The molecule has 2 unspecified atom stereocenters. The van der Waals surface area contributed by atoms with Gasteiger partial charge in [0, 0.05) is 19.6 Å². The van der Waals surface area contributed by atoms with E-state index in [1.165, 1.54) is 14.2 Å². The molecule has 0 spiro atoms. The molecule has 8 heteroatoms. The topological polar surface area (TPSA) is 94.2 Å². The van der Waals surface area contributed by atoms with E-state index in [1.807, 2.05) is 20.8 Å². The Labute approximate surface area is 149 Å². The highest BCUT2D eigenvalue weighted by Gasteiger charge is 2.33. The second-order valence-electron chi connectivity index (χ2n) is 7.15. The minimum absolute atomic E-state index is 0.0833. The quantitative estimate of drug-likeness (QED) is 0.585. The molecule has 2 saturated heterocycles. The number of hydrogen-bond donors (Lipinski definition) is 1. The van der Waals surface area contributed by atoms with Crippen molar-refractivity contribution in [2.45, 2.75) is 39.2 Å². The maximum absolute atomic E-state index is 11.7. The van der Waals surface area contributed by atoms with Crippen molar-refractivity contribution in [1.29, 1.82) is 0 Å². The van der Waals surface area contributed by atoms with Crippen molar-refractivity contribution in [3.8, 4) is 0 Å². The molecule has 0 bridgehead atoms. The summed E-state index contributed by atoms with van der Waals surface area (Å²) < 4.78 is 14.4. The van der Waals surface area contributed by atoms with Gasteiger partial charge in [-0.25, -0.2) is 4.79 Å². The molecular weight excluding hydrogens is 328 g/mol. The smallest absolute Gasteiger partial charge is 0.410 e. The van der Waals surface area contributed by atoms with Crippen molar-refractivity contribution in [2.75, 3.05) is 40.4 Å². The Hall–Kier alpha value is -1.83. The largest absolute Gasteiger partial charge is 0.469 e. The summed E-state index contributed by atoms with van der Waals surface area (Å²) in [6.45, 7) is 8.12. The Morgan fingerprint density at radius 2 is 1.60 bits per heavy atom. The van der Waals surface area contributed by atoms with E-state index in [-0.39, 0.29) is 29.9 Å². The van der Waals surface area contributed by atoms with Gasteiger partial charge in [0.1, 0.15) is 5.60 Å². The Kier molecular flexibility index (Phi) is 8.15. The molecule has 144 valence electrons. The summed E-state index contributed by atoms with van der Waals surface area (Å²) in [6, 6.07) is 0. The number of likely N-dealkylation sites (tertiary alicyclic amines) is 1. The first-order chi connectivity index (χ1) is 11.7. The van der Waals surface area contributed by atoms with Crippen LogP contribution < -0.4 is 5.32 Å². The Bertz CT molecular complexity index is 468. The van der Waals surface area contributed by atoms with Gasteiger partial charge in [0.15, 0.2) is 0 Å². The lowest BCUT2D eigenvalue weighted by Gasteiger charge is -2.24. The fourth-order valence-electron chi connectivity index (χ4n) is 2.63. The van der Waals surface area contributed by atoms with Crippen molar-refractivity contribution in [2.24, 2.45) is 11.8 Å². The molecule has 2 rings (SSSR count). The average Bonchev–Trinajstić information content (AvgIpc) is 3.23. The molecule has 2 fully saturated rings. The Morgan fingerprint density at radius 3 is 2.08 bits per heavy atom. The molecule has 1 N–H and O–H groups in total. The maximum atomic E-state index is 11.7. The molecule has 0 aromatic rings. The zero-order valence-corrected chi connectivity index (χ0v) is 15.8. The number of carbonyl (C=O) groups excluding carboxylic acids is 3. The van der Waals surface area contributed by atoms with Gasteiger partial charge in [-0.3, -0.25) is 9.59 Å². The monoisotopic (exact) mass is 358 g/mol. The van der Waals surface area contributed by atoms with Crippen molar-refractivity contribution in [3.05, 3.63) is 0 Å². The summed E-state index contributed by atoms with van der Waals surface area (Å²) in [5.74, 6) is -0.446. The van der Waals surface area contributed by atoms with E-state index in [4.69, 9.17) is 4.74 Å². The predicted octanol–water partition coefficient (Wildman–Crippen LogP) is 1.19. The lowest BCUT2D eigenvalue weighted by Crippen LogP contribution is -2.36. The third kappa shape index (κ3) is 7.29. The number of nitrogens with one attached hydrogen (secondary N) is 1. The van der Waals surface area contributed by atoms with Crippen LogP contribution in [0.1, 0.15) is 33.6 Å². The van der Waals surface area contributed by atoms with Crippen molar-refractivity contribution in [3.63, 3.8) is 0 Å². The second-order valence-corrected chi connectivity index (χ2v) is 7.15. The zero-order chi connectivity index (χ0) is 19.0. The molecule has 2 aliphatic heterocycles. The minimum Gasteiger partial charge on any atom is -0.469 e. The molecule has 2 atom stereocenters. The fraction of sp³-hybridized carbons (Fsp3) is 0.824. The lowest BCUT2D eigenvalue weighted by atomic mass is 10.1. The van der Waals surface area contributed by atoms with E-state index in [1.54, 1.807) is 4.90 Å². The molecule has 2 heterocycles. The van der Waals surface area contributed by atoms with Crippen LogP contribution in [-0.2, 0) is 23.8 Å². The van der Waals surface area contributed by atoms with Crippen molar-refractivity contribution in [1.82, 2.24) is 10.2 Å². The van der Waals surface area contributed by atoms with Crippen molar-refractivity contribution < 1.29 is 28.6 Å². The molecule has 0 aromatic carbocycles. The second kappa shape index (κ2) is 9.60. The van der Waals surface area contributed by atoms with Gasteiger partial charge in [-0.1, -0.05) is 0 Å². The highest BCUT2D eigenvalue weighted by Crippen LogP contribution is 2.20. The van der Waals surface area contributed by atoms with E-state index in [0.29, 0.717) is 19.5 Å². The average molecular weight is 358 g/mol. The van der Waals surface area contributed by atoms with E-state index in [2.05, 4.69) is 14.8 Å². The first-order valence-corrected chi connectivity index (χ1v) is 8.52. The summed E-state index contributed by atoms with van der Waals surface area (Å²) in [5, 5.41) is 3.09. The highest BCUT2D eigenvalue weighted by molar-refractivity contribution is 5.75. The first-order valence-electron chi connectivity index (χ1n) is 8.52. The third-order valence-electron chi connectivity index (χ3n) is 3.97. The molecule has 0 saturated carbocycles. The number of ether oxygens (including phenoxy) is 3. The van der Waals surface area contributed by atoms with Crippen LogP contribution in [0.4, 0.5) is 4.79 Å². The van der Waals surface area contributed by atoms with Crippen LogP contribution in [-0.4, -0.2) is 68.9 Å². The summed E-state index contributed by atoms with van der Waals surface area (Å²) in [4.78, 5) is 35.2. The van der Waals surface area contributed by atoms with E-state index in [9.17, 15) is 14.4 Å². The molecule has 0 aliphatic carbocycles. The van der Waals surface area contributed by atoms with Crippen LogP contribution in [0.15, 0.2) is 0 Å². The normalized spacial score (nSPS) is 22.7. The number of methoxy groups -OCH3 is 2. The SMILES string of the molecule is COC(=O)C1CCN(C(=O)OC(C)(C)C)C1.COC(=O)C1CCNC1. The number of rotatable bonds is 2. The van der Waals surface area contributed by atoms with E-state index < -0.39 is 5.60 Å². The number of amides is 1. The summed E-state index contributed by atoms with van der Waals surface area (Å²) in [5.41, 5.74) is -0.500. The van der Waals surface area contributed by atoms with E-state index >= 15 is 0 Å². The van der Waals surface area contributed by atoms with Gasteiger partial charge in [-0.15, -0.1) is 0 Å². The van der Waals surface area contributed by atoms with Crippen LogP contribution >= 0.6 is 0 Å². The minimum atomic E-state index is -0.500. The zero-order valence-electron chi connectivity index (χ0n) is 15.8. The Morgan fingerprint density at radius 1 is 1.00 bits per heavy atom. The molecule has 2 aliphatic rings. The van der Waals surface area contributed by atoms with Crippen LogP contribution in [0, 0.1) is 11.8 Å². The van der Waals surface area contributed by atoms with E-state index in [0.717, 1.165) is 19.5 Å². The molecule has 25 heavy (non-hydrogen) atoms. The van der Waals surface area contributed by atoms with Gasteiger partial charge in [0.25, 0.3) is 0 Å². The number of esters is 2. The number of carbonyl (C=O) groups is 3. The molecular formula is C17H30N2O6. The molecule has 0 aromatic heterocycles. The third-order valence-corrected chi connectivity index (χ3v) is 3.97. The number of hydrogen-bond acceptors (Lipinski definition) is 7. The summed E-state index contributed by atoms with van der Waals surface area (Å²) in [7, 11) is 2.79. The molecule has 1 amide bonds. The predicted molar refractivity (Wildman–Crippen MR) is 90.9 cm³/mol. The van der Waals surface area contributed by atoms with Gasteiger partial charge in [-0.05, 0) is 40.2 Å². The number of nitrogens with zero attached hydrogens (tertiary/aromatic N) is 1. The fourth-order valence-corrected chi connectivity index (χ4v) is 2.63. The van der Waals surface area contributed by atoms with Crippen LogP contribution in [0.5, 0.6) is 0 Å². The van der Waals surface area contributed by atoms with Crippen LogP contribution in [0.25, 0.3) is 0 Å². The lowest BCUT2D eigenvalue weighted by molar-refractivity contribution is -0.145. The van der Waals surface area contributed by atoms with Gasteiger partial charge in [0.2, 0.25) is 0 Å². The van der Waals surface area contributed by atoms with Crippen LogP contribution in [0.3, 0.4) is 0 Å². The standard InChI is InChI=1S/C11H19NO4.C6H11NO2/c1-11(2,3)16-10(14)12-6-5-8(7-12)9(13)15-4;1-9-6(8)5-2-3-7-4-5/h8H,5-7H2,1-4H3;5,7H,2-4H2,1H3. The first kappa shape index (κ1) is 21.2. The maximum Gasteiger partial charge on any atom is 0.410 e. The van der Waals surface area contributed by atoms with Crippen molar-refractivity contribution >= 4 is 18.0 Å². The van der Waals surface area contributed by atoms with Gasteiger partial charge in [-0.2, -0.15) is 0 Å². The summed E-state index contributed by atoms with van der Waals surface area (Å²) in [6.07, 6.45) is 1.21. The van der Waals surface area contributed by atoms with Gasteiger partial charge >= 0.3 is 18.0 Å². The highest BCUT2D eigenvalue weighted by atomic mass is 16.6. The molecule has 8 nitrogen and oxygen atoms in total. The van der Waals surface area contributed by atoms with Gasteiger partial charge < -0.3 is 24.4 Å². The Balaban J connectivity index is 0.000000293. The van der Waals surface area contributed by atoms with Gasteiger partial charge in [0.05, 0.1) is 26.1 Å². The molecule has 0 radical (unpaired) electrons. The summed E-state index contributed by atoms with van der Waals surface area (Å²) >= 11 is 0. The van der Waals surface area contributed by atoms with Crippen LogP contribution in [0.2, 0.25) is 0 Å².